The van der Waals surface area contributed by atoms with Gasteiger partial charge in [0.05, 0.1) is 11.5 Å². The van der Waals surface area contributed by atoms with Crippen molar-refractivity contribution in [1.82, 2.24) is 10.2 Å². The number of benzene rings is 1. The van der Waals surface area contributed by atoms with E-state index in [1.807, 2.05) is 4.90 Å². The van der Waals surface area contributed by atoms with Crippen molar-refractivity contribution in [2.75, 3.05) is 32.8 Å². The van der Waals surface area contributed by atoms with Gasteiger partial charge in [-0.05, 0) is 25.0 Å². The molecule has 7 heteroatoms. The lowest BCUT2D eigenvalue weighted by Gasteiger charge is -2.27. The lowest BCUT2D eigenvalue weighted by Crippen LogP contribution is -2.46. The van der Waals surface area contributed by atoms with Crippen molar-refractivity contribution in [1.29, 1.82) is 0 Å². The zero-order chi connectivity index (χ0) is 15.9. The third-order valence-corrected chi connectivity index (χ3v) is 3.62. The molecular weight excluding hydrogens is 286 g/mol. The summed E-state index contributed by atoms with van der Waals surface area (Å²) in [6, 6.07) is 4.88. The highest BCUT2D eigenvalue weighted by Crippen LogP contribution is 2.28. The summed E-state index contributed by atoms with van der Waals surface area (Å²) in [4.78, 5) is 24.6. The molecule has 1 aromatic carbocycles. The van der Waals surface area contributed by atoms with Crippen molar-refractivity contribution in [2.45, 2.75) is 19.8 Å². The van der Waals surface area contributed by atoms with E-state index in [2.05, 4.69) is 5.32 Å². The fourth-order valence-electron chi connectivity index (χ4n) is 2.46. The molecule has 22 heavy (non-hydrogen) atoms. The molecule has 120 valence electrons. The number of carbonyl (C=O) groups excluding carboxylic acids is 1. The molecule has 0 saturated carbocycles. The Labute approximate surface area is 129 Å². The number of nitro benzene ring substituents is 1. The van der Waals surface area contributed by atoms with Crippen LogP contribution in [-0.4, -0.2) is 48.5 Å². The number of hydrogen-bond acceptors (Lipinski definition) is 5. The third-order valence-electron chi connectivity index (χ3n) is 3.62. The number of nitrogens with zero attached hydrogens (tertiary/aromatic N) is 2. The molecule has 1 N–H and O–H groups in total. The molecule has 0 aromatic heterocycles. The first-order valence-electron chi connectivity index (χ1n) is 7.50. The molecule has 0 unspecified atom stereocenters. The summed E-state index contributed by atoms with van der Waals surface area (Å²) in [7, 11) is 0. The highest BCUT2D eigenvalue weighted by Gasteiger charge is 2.18. The molecule has 1 aliphatic heterocycles. The number of rotatable bonds is 6. The second kappa shape index (κ2) is 7.74. The average Bonchev–Trinajstić information content (AvgIpc) is 2.54. The summed E-state index contributed by atoms with van der Waals surface area (Å²) in [5.74, 6) is 0.364. The van der Waals surface area contributed by atoms with Crippen LogP contribution in [0.3, 0.4) is 0 Å². The summed E-state index contributed by atoms with van der Waals surface area (Å²) in [5.41, 5.74) is 0.729. The number of amides is 1. The van der Waals surface area contributed by atoms with E-state index in [-0.39, 0.29) is 17.3 Å². The molecule has 1 aromatic rings. The van der Waals surface area contributed by atoms with Crippen molar-refractivity contribution in [3.05, 3.63) is 33.9 Å². The summed E-state index contributed by atoms with van der Waals surface area (Å²) in [5, 5.41) is 14.3. The van der Waals surface area contributed by atoms with E-state index in [0.717, 1.165) is 31.7 Å². The summed E-state index contributed by atoms with van der Waals surface area (Å²) >= 11 is 0. The van der Waals surface area contributed by atoms with Gasteiger partial charge in [0.2, 0.25) is 5.91 Å². The standard InChI is InChI=1S/C15H21N3O4/c1-2-22-14-5-3-12(11-13(14)18(20)21)4-6-15(19)17-9-7-16-8-10-17/h3,5,11,16H,2,4,6-10H2,1H3. The van der Waals surface area contributed by atoms with Gasteiger partial charge in [0, 0.05) is 38.7 Å². The Bertz CT molecular complexity index is 542. The van der Waals surface area contributed by atoms with Crippen molar-refractivity contribution in [3.8, 4) is 5.75 Å². The second-order valence-electron chi connectivity index (χ2n) is 5.12. The number of ether oxygens (including phenoxy) is 1. The molecule has 1 saturated heterocycles. The normalized spacial score (nSPS) is 14.7. The van der Waals surface area contributed by atoms with Crippen molar-refractivity contribution < 1.29 is 14.5 Å². The number of nitro groups is 1. The van der Waals surface area contributed by atoms with Gasteiger partial charge in [-0.15, -0.1) is 0 Å². The van der Waals surface area contributed by atoms with Crippen LogP contribution in [0.1, 0.15) is 18.9 Å². The van der Waals surface area contributed by atoms with E-state index >= 15 is 0 Å². The molecule has 7 nitrogen and oxygen atoms in total. The average molecular weight is 307 g/mol. The second-order valence-corrected chi connectivity index (χ2v) is 5.12. The van der Waals surface area contributed by atoms with Gasteiger partial charge in [-0.25, -0.2) is 0 Å². The molecule has 1 aliphatic rings. The van der Waals surface area contributed by atoms with E-state index < -0.39 is 4.92 Å². The van der Waals surface area contributed by atoms with Gasteiger partial charge in [0.15, 0.2) is 5.75 Å². The van der Waals surface area contributed by atoms with Crippen LogP contribution in [0.25, 0.3) is 0 Å². The SMILES string of the molecule is CCOc1ccc(CCC(=O)N2CCNCC2)cc1[N+](=O)[O-]. The molecule has 0 bridgehead atoms. The van der Waals surface area contributed by atoms with E-state index in [4.69, 9.17) is 4.74 Å². The molecule has 0 radical (unpaired) electrons. The predicted octanol–water partition coefficient (Wildman–Crippen LogP) is 1.36. The lowest BCUT2D eigenvalue weighted by molar-refractivity contribution is -0.385. The van der Waals surface area contributed by atoms with E-state index in [0.29, 0.717) is 19.4 Å². The first-order valence-corrected chi connectivity index (χ1v) is 7.50. The minimum atomic E-state index is -0.452. The molecule has 0 spiro atoms. The first kappa shape index (κ1) is 16.2. The summed E-state index contributed by atoms with van der Waals surface area (Å²) in [6.07, 6.45) is 0.862. The molecule has 1 fully saturated rings. The molecule has 1 heterocycles. The van der Waals surface area contributed by atoms with E-state index in [1.165, 1.54) is 6.07 Å². The van der Waals surface area contributed by atoms with Crippen LogP contribution in [-0.2, 0) is 11.2 Å². The maximum atomic E-state index is 12.1. The number of carbonyl (C=O) groups is 1. The lowest BCUT2D eigenvalue weighted by atomic mass is 10.1. The Morgan fingerprint density at radius 2 is 2.14 bits per heavy atom. The minimum absolute atomic E-state index is 0.0472. The smallest absolute Gasteiger partial charge is 0.311 e. The largest absolute Gasteiger partial charge is 0.487 e. The Morgan fingerprint density at radius 3 is 2.77 bits per heavy atom. The third kappa shape index (κ3) is 4.17. The fourth-order valence-corrected chi connectivity index (χ4v) is 2.46. The Kier molecular flexibility index (Phi) is 5.71. The van der Waals surface area contributed by atoms with Gasteiger partial charge in [0.1, 0.15) is 0 Å². The molecule has 2 rings (SSSR count). The monoisotopic (exact) mass is 307 g/mol. The maximum absolute atomic E-state index is 12.1. The van der Waals surface area contributed by atoms with Gasteiger partial charge < -0.3 is 15.0 Å². The molecular formula is C15H21N3O4. The van der Waals surface area contributed by atoms with Crippen LogP contribution in [0.5, 0.6) is 5.75 Å². The van der Waals surface area contributed by atoms with E-state index in [1.54, 1.807) is 19.1 Å². The highest BCUT2D eigenvalue weighted by atomic mass is 16.6. The predicted molar refractivity (Wildman–Crippen MR) is 82.0 cm³/mol. The number of piperazine rings is 1. The van der Waals surface area contributed by atoms with Crippen LogP contribution in [0.15, 0.2) is 18.2 Å². The zero-order valence-electron chi connectivity index (χ0n) is 12.7. The highest BCUT2D eigenvalue weighted by molar-refractivity contribution is 5.76. The van der Waals surface area contributed by atoms with Crippen molar-refractivity contribution >= 4 is 11.6 Å². The van der Waals surface area contributed by atoms with Crippen LogP contribution in [0.2, 0.25) is 0 Å². The van der Waals surface area contributed by atoms with Gasteiger partial charge in [0.25, 0.3) is 0 Å². The van der Waals surface area contributed by atoms with Crippen LogP contribution in [0.4, 0.5) is 5.69 Å². The number of nitrogens with one attached hydrogen (secondary N) is 1. The van der Waals surface area contributed by atoms with Crippen LogP contribution < -0.4 is 10.1 Å². The molecule has 0 atom stereocenters. The van der Waals surface area contributed by atoms with Gasteiger partial charge in [-0.3, -0.25) is 14.9 Å². The number of hydrogen-bond donors (Lipinski definition) is 1. The van der Waals surface area contributed by atoms with E-state index in [9.17, 15) is 14.9 Å². The zero-order valence-corrected chi connectivity index (χ0v) is 12.7. The van der Waals surface area contributed by atoms with Crippen molar-refractivity contribution in [3.63, 3.8) is 0 Å². The van der Waals surface area contributed by atoms with Gasteiger partial charge in [-0.2, -0.15) is 0 Å². The quantitative estimate of drug-likeness (QED) is 0.633. The van der Waals surface area contributed by atoms with Crippen molar-refractivity contribution in [2.24, 2.45) is 0 Å². The summed E-state index contributed by atoms with van der Waals surface area (Å²) < 4.78 is 5.25. The fraction of sp³-hybridized carbons (Fsp3) is 0.533. The number of aryl methyl sites for hydroxylation is 1. The van der Waals surface area contributed by atoms with Crippen LogP contribution >= 0.6 is 0 Å². The maximum Gasteiger partial charge on any atom is 0.311 e. The molecule has 1 amide bonds. The Morgan fingerprint density at radius 1 is 1.41 bits per heavy atom. The minimum Gasteiger partial charge on any atom is -0.487 e. The summed E-state index contributed by atoms with van der Waals surface area (Å²) in [6.45, 7) is 5.25. The van der Waals surface area contributed by atoms with Crippen LogP contribution in [0, 0.1) is 10.1 Å². The Hall–Kier alpha value is -2.15. The van der Waals surface area contributed by atoms with Gasteiger partial charge >= 0.3 is 5.69 Å². The first-order chi connectivity index (χ1) is 10.6. The topological polar surface area (TPSA) is 84.7 Å². The Balaban J connectivity index is 1.98. The van der Waals surface area contributed by atoms with Gasteiger partial charge in [-0.1, -0.05) is 6.07 Å². The molecule has 0 aliphatic carbocycles.